The number of amides is 3. The summed E-state index contributed by atoms with van der Waals surface area (Å²) >= 11 is 1.53. The van der Waals surface area contributed by atoms with E-state index in [1.54, 1.807) is 23.2 Å². The average Bonchev–Trinajstić information content (AvgIpc) is 3.65. The Kier molecular flexibility index (Phi) is 9.80. The first kappa shape index (κ1) is 38.3. The summed E-state index contributed by atoms with van der Waals surface area (Å²) in [6.07, 6.45) is 4.35. The van der Waals surface area contributed by atoms with Crippen LogP contribution in [0, 0.1) is 10.8 Å². The molecule has 300 valence electrons. The molecular formula is C42H50FN7O5SSi. The highest BCUT2D eigenvalue weighted by Gasteiger charge is 2.76. The van der Waals surface area contributed by atoms with Crippen LogP contribution in [0.25, 0.3) is 33.4 Å². The number of benzene rings is 1. The lowest BCUT2D eigenvalue weighted by molar-refractivity contribution is -0.160. The predicted octanol–water partition coefficient (Wildman–Crippen LogP) is 6.13. The van der Waals surface area contributed by atoms with E-state index in [0.29, 0.717) is 54.7 Å². The number of rotatable bonds is 6. The van der Waals surface area contributed by atoms with Crippen molar-refractivity contribution in [3.63, 3.8) is 0 Å². The predicted molar refractivity (Wildman–Crippen MR) is 216 cm³/mol. The maximum Gasteiger partial charge on any atom is 0.324 e. The van der Waals surface area contributed by atoms with E-state index in [9.17, 15) is 18.8 Å². The fourth-order valence-electron chi connectivity index (χ4n) is 9.65. The Hall–Kier alpha value is -4.18. The second-order valence-corrected chi connectivity index (χ2v) is 19.6. The van der Waals surface area contributed by atoms with Crippen LogP contribution in [0.1, 0.15) is 69.3 Å². The Morgan fingerprint density at radius 2 is 2.05 bits per heavy atom. The van der Waals surface area contributed by atoms with Crippen molar-refractivity contribution in [1.29, 1.82) is 0 Å². The third-order valence-electron chi connectivity index (χ3n) is 12.9. The number of thiazole rings is 1. The molecule has 1 saturated carbocycles. The maximum atomic E-state index is 14.9. The molecule has 4 aliphatic heterocycles. The Morgan fingerprint density at radius 1 is 1.21 bits per heavy atom. The number of hydrogen-bond acceptors (Lipinski definition) is 9. The van der Waals surface area contributed by atoms with E-state index in [2.05, 4.69) is 65.7 Å². The Bertz CT molecular complexity index is 2240. The molecule has 1 aliphatic carbocycles. The first-order chi connectivity index (χ1) is 27.5. The monoisotopic (exact) mass is 811 g/mol. The van der Waals surface area contributed by atoms with E-state index in [1.165, 1.54) is 11.3 Å². The number of fused-ring (bicyclic) bond motifs is 8. The lowest BCUT2D eigenvalue weighted by Gasteiger charge is -2.52. The molecule has 7 atom stereocenters. The first-order valence-corrected chi connectivity index (χ1v) is 22.2. The van der Waals surface area contributed by atoms with E-state index in [0.717, 1.165) is 56.2 Å². The van der Waals surface area contributed by atoms with Crippen molar-refractivity contribution in [3.8, 4) is 22.5 Å². The molecule has 57 heavy (non-hydrogen) atoms. The van der Waals surface area contributed by atoms with Gasteiger partial charge in [-0.2, -0.15) is 0 Å². The summed E-state index contributed by atoms with van der Waals surface area (Å²) in [4.78, 5) is 53.9. The summed E-state index contributed by atoms with van der Waals surface area (Å²) in [7, 11) is 2.22. The van der Waals surface area contributed by atoms with E-state index >= 15 is 0 Å². The van der Waals surface area contributed by atoms with Crippen LogP contribution in [0.4, 0.5) is 9.18 Å². The van der Waals surface area contributed by atoms with E-state index in [1.807, 2.05) is 13.0 Å². The van der Waals surface area contributed by atoms with Gasteiger partial charge < -0.3 is 24.3 Å². The van der Waals surface area contributed by atoms with E-state index in [4.69, 9.17) is 19.4 Å². The molecule has 3 saturated heterocycles. The molecule has 4 fully saturated rings. The van der Waals surface area contributed by atoms with Crippen molar-refractivity contribution in [2.45, 2.75) is 102 Å². The van der Waals surface area contributed by atoms with Gasteiger partial charge in [-0.1, -0.05) is 19.9 Å². The molecule has 2 N–H and O–H groups in total. The molecule has 12 nitrogen and oxygen atoms in total. The molecule has 1 aromatic carbocycles. The molecule has 15 heteroatoms. The number of carbonyl (C=O) groups is 3. The number of nitrogens with zero attached hydrogens (tertiary/aromatic N) is 5. The summed E-state index contributed by atoms with van der Waals surface area (Å²) in [5, 5.41) is 8.79. The minimum Gasteiger partial charge on any atom is -0.464 e. The number of urea groups is 1. The van der Waals surface area contributed by atoms with Crippen LogP contribution >= 0.6 is 11.3 Å². The number of nitrogens with one attached hydrogen (secondary N) is 2. The Balaban J connectivity index is 1.16. The van der Waals surface area contributed by atoms with Crippen LogP contribution in [0.15, 0.2) is 41.9 Å². The molecule has 2 radical (unpaired) electrons. The van der Waals surface area contributed by atoms with Crippen molar-refractivity contribution in [3.05, 3.63) is 58.2 Å². The van der Waals surface area contributed by atoms with Gasteiger partial charge in [0.25, 0.3) is 0 Å². The first-order valence-electron chi connectivity index (χ1n) is 20.2. The average molecular weight is 812 g/mol. The number of alkyl halides is 1. The highest BCUT2D eigenvalue weighted by Crippen LogP contribution is 2.72. The number of halogens is 1. The van der Waals surface area contributed by atoms with Crippen molar-refractivity contribution in [2.24, 2.45) is 10.8 Å². The highest BCUT2D eigenvalue weighted by molar-refractivity contribution is 7.10. The van der Waals surface area contributed by atoms with Crippen LogP contribution in [0.2, 0.25) is 11.1 Å². The van der Waals surface area contributed by atoms with Crippen LogP contribution in [-0.2, 0) is 38.4 Å². The number of ether oxygens (including phenoxy) is 2. The third-order valence-corrected chi connectivity index (χ3v) is 15.7. The highest BCUT2D eigenvalue weighted by atomic mass is 32.1. The van der Waals surface area contributed by atoms with Gasteiger partial charge in [-0.25, -0.2) is 19.6 Å². The topological polar surface area (TPSA) is 131 Å². The fourth-order valence-corrected chi connectivity index (χ4v) is 12.6. The van der Waals surface area contributed by atoms with Gasteiger partial charge in [-0.15, -0.1) is 11.3 Å². The van der Waals surface area contributed by atoms with Crippen molar-refractivity contribution in [2.75, 3.05) is 33.5 Å². The van der Waals surface area contributed by atoms with Gasteiger partial charge in [0.2, 0.25) is 5.91 Å². The third kappa shape index (κ3) is 6.39. The van der Waals surface area contributed by atoms with Crippen molar-refractivity contribution >= 4 is 49.7 Å². The second-order valence-electron chi connectivity index (χ2n) is 17.1. The quantitative estimate of drug-likeness (QED) is 0.176. The summed E-state index contributed by atoms with van der Waals surface area (Å²) in [5.41, 5.74) is 9.11. The largest absolute Gasteiger partial charge is 0.464 e. The van der Waals surface area contributed by atoms with Gasteiger partial charge in [0.1, 0.15) is 12.7 Å². The molecule has 3 unspecified atom stereocenters. The summed E-state index contributed by atoms with van der Waals surface area (Å²) in [5.74, 6) is -0.514. The molecule has 5 aliphatic rings. The number of esters is 1. The fraction of sp³-hybridized carbons (Fsp3) is 0.548. The summed E-state index contributed by atoms with van der Waals surface area (Å²) in [6, 6.07) is 8.74. The molecule has 6 bridgehead atoms. The number of hydrazine groups is 1. The SMILES string of the molecule is CCn1c(-c2cccnc2[C@H](C)OC)c2c3cc(ccc31)-c1csc(n1)C[C@@]1(C(=O)N3CCC[C@H](N3)C(=O)OCC(C)(C)C2)C(NC(=O)N2CC[C@H]2CF)C2[Si]C21. The molecule has 1 spiro atoms. The van der Waals surface area contributed by atoms with Crippen LogP contribution in [0.5, 0.6) is 0 Å². The van der Waals surface area contributed by atoms with E-state index < -0.39 is 35.6 Å². The number of aromatic nitrogens is 3. The minimum atomic E-state index is -0.943. The number of pyridine rings is 1. The Morgan fingerprint density at radius 3 is 2.81 bits per heavy atom. The zero-order chi connectivity index (χ0) is 39.8. The lowest BCUT2D eigenvalue weighted by atomic mass is 9.61. The number of likely N-dealkylation sites (tertiary alicyclic amines) is 1. The smallest absolute Gasteiger partial charge is 0.324 e. The number of carbonyl (C=O) groups excluding carboxylic acids is 3. The van der Waals surface area contributed by atoms with Gasteiger partial charge in [0.05, 0.1) is 46.3 Å². The number of cyclic esters (lactones) is 1. The Labute approximate surface area is 338 Å². The molecule has 7 heterocycles. The molecular weight excluding hydrogens is 762 g/mol. The van der Waals surface area contributed by atoms with Gasteiger partial charge in [-0.3, -0.25) is 19.6 Å². The molecule has 9 rings (SSSR count). The van der Waals surface area contributed by atoms with Crippen molar-refractivity contribution in [1.82, 2.24) is 35.2 Å². The lowest BCUT2D eigenvalue weighted by Crippen LogP contribution is -2.68. The zero-order valence-electron chi connectivity index (χ0n) is 33.1. The summed E-state index contributed by atoms with van der Waals surface area (Å²) in [6.45, 7) is 9.67. The normalized spacial score (nSPS) is 28.6. The maximum absolute atomic E-state index is 14.9. The van der Waals surface area contributed by atoms with Crippen LogP contribution in [0.3, 0.4) is 0 Å². The number of methoxy groups -OCH3 is 1. The zero-order valence-corrected chi connectivity index (χ0v) is 35.0. The van der Waals surface area contributed by atoms with Crippen LogP contribution < -0.4 is 10.7 Å². The molecule has 3 aromatic heterocycles. The minimum absolute atomic E-state index is 0.0980. The van der Waals surface area contributed by atoms with E-state index in [-0.39, 0.29) is 41.7 Å². The number of aryl methyl sites for hydroxylation is 1. The van der Waals surface area contributed by atoms with Crippen LogP contribution in [-0.4, -0.2) is 103 Å². The van der Waals surface area contributed by atoms with Gasteiger partial charge in [0, 0.05) is 87.7 Å². The number of hydrogen-bond donors (Lipinski definition) is 2. The molecule has 4 aromatic rings. The van der Waals surface area contributed by atoms with Gasteiger partial charge >= 0.3 is 12.0 Å². The standard InChI is InChI=1S/C42H50FN7O5SSi/c1-6-48-31-12-11-24-17-27(31)28(34(48)26-9-7-14-44-33(26)23(2)54-5)18-41(3,4)22-55-38(51)29-10-8-15-50(47-29)39(52)42(19-32-45-30(24)21-56-32)36(35-37(42)57-35)46-40(53)49-16-13-25(49)20-43/h7,9,11-12,14,17,21,23,25,29,35-37,47H,6,8,10,13,15-16,18-20,22H2,1-5H3,(H,46,53)/t23-,25-,29-,35?,36?,37?,42+/m0/s1. The van der Waals surface area contributed by atoms with Gasteiger partial charge in [0.15, 0.2) is 0 Å². The van der Waals surface area contributed by atoms with Gasteiger partial charge in [-0.05, 0) is 80.4 Å². The van der Waals surface area contributed by atoms with Crippen molar-refractivity contribution < 1.29 is 28.2 Å². The summed E-state index contributed by atoms with van der Waals surface area (Å²) < 4.78 is 27.9. The molecule has 3 amide bonds. The second kappa shape index (κ2) is 14.6.